The summed E-state index contributed by atoms with van der Waals surface area (Å²) in [5.41, 5.74) is 3.19. The fourth-order valence-corrected chi connectivity index (χ4v) is 4.23. The predicted octanol–water partition coefficient (Wildman–Crippen LogP) is 2.23. The molecule has 0 fully saturated rings. The number of pyridine rings is 1. The van der Waals surface area contributed by atoms with Gasteiger partial charge in [0.15, 0.2) is 5.82 Å². The lowest BCUT2D eigenvalue weighted by molar-refractivity contribution is 0.567. The Hall–Kier alpha value is -1.00. The van der Waals surface area contributed by atoms with Crippen molar-refractivity contribution >= 4 is 43.1 Å². The normalized spacial score (nSPS) is 13.2. The quantitative estimate of drug-likeness (QED) is 0.549. The lowest BCUT2D eigenvalue weighted by atomic mass is 10.2. The highest BCUT2D eigenvalue weighted by Crippen LogP contribution is 2.24. The molecule has 20 heavy (non-hydrogen) atoms. The van der Waals surface area contributed by atoms with Crippen molar-refractivity contribution in [3.63, 3.8) is 0 Å². The second kappa shape index (κ2) is 6.19. The van der Waals surface area contributed by atoms with Gasteiger partial charge in [-0.2, -0.15) is 11.3 Å². The average molecular weight is 377 g/mol. The number of hydrogen-bond donors (Lipinski definition) is 3. The van der Waals surface area contributed by atoms with E-state index in [1.807, 2.05) is 16.8 Å². The molecule has 0 aromatic carbocycles. The fourth-order valence-electron chi connectivity index (χ4n) is 1.62. The molecule has 0 saturated heterocycles. The maximum atomic E-state index is 12.4. The monoisotopic (exact) mass is 376 g/mol. The van der Waals surface area contributed by atoms with Crippen molar-refractivity contribution in [1.82, 2.24) is 9.71 Å². The van der Waals surface area contributed by atoms with Crippen molar-refractivity contribution in [1.29, 1.82) is 0 Å². The predicted molar refractivity (Wildman–Crippen MR) is 82.8 cm³/mol. The van der Waals surface area contributed by atoms with Crippen molar-refractivity contribution in [2.75, 3.05) is 5.43 Å². The third-order valence-electron chi connectivity index (χ3n) is 2.62. The Kier molecular flexibility index (Phi) is 4.76. The highest BCUT2D eigenvalue weighted by Gasteiger charge is 2.23. The number of nitrogens with two attached hydrogens (primary N) is 1. The molecule has 6 nitrogen and oxygen atoms in total. The minimum absolute atomic E-state index is 0.00328. The Morgan fingerprint density at radius 1 is 1.50 bits per heavy atom. The second-order valence-corrected chi connectivity index (χ2v) is 7.42. The SMILES string of the molecule is CC(NS(=O)(=O)c1cc(Br)cnc1NN)c1ccsc1. The van der Waals surface area contributed by atoms with E-state index in [1.54, 1.807) is 6.92 Å². The van der Waals surface area contributed by atoms with Crippen LogP contribution in [0.2, 0.25) is 0 Å². The van der Waals surface area contributed by atoms with Crippen LogP contribution in [0, 0.1) is 0 Å². The average Bonchev–Trinajstić information content (AvgIpc) is 2.92. The first-order chi connectivity index (χ1) is 9.44. The van der Waals surface area contributed by atoms with Crippen molar-refractivity contribution in [2.24, 2.45) is 5.84 Å². The van der Waals surface area contributed by atoms with Crippen LogP contribution in [0.15, 0.2) is 38.5 Å². The molecule has 2 heterocycles. The summed E-state index contributed by atoms with van der Waals surface area (Å²) in [6.45, 7) is 1.78. The van der Waals surface area contributed by atoms with E-state index in [9.17, 15) is 8.42 Å². The van der Waals surface area contributed by atoms with Crippen LogP contribution in [-0.4, -0.2) is 13.4 Å². The van der Waals surface area contributed by atoms with Gasteiger partial charge in [-0.1, -0.05) is 0 Å². The van der Waals surface area contributed by atoms with E-state index in [0.29, 0.717) is 4.47 Å². The number of hydrazine groups is 1. The number of nitrogens with zero attached hydrogens (tertiary/aromatic N) is 1. The minimum atomic E-state index is -3.73. The zero-order valence-electron chi connectivity index (χ0n) is 10.5. The largest absolute Gasteiger partial charge is 0.307 e. The zero-order valence-corrected chi connectivity index (χ0v) is 13.7. The molecule has 2 aromatic rings. The number of sulfonamides is 1. The summed E-state index contributed by atoms with van der Waals surface area (Å²) in [4.78, 5) is 3.93. The van der Waals surface area contributed by atoms with Crippen LogP contribution in [0.3, 0.4) is 0 Å². The summed E-state index contributed by atoms with van der Waals surface area (Å²) in [6.07, 6.45) is 1.47. The van der Waals surface area contributed by atoms with Crippen molar-refractivity contribution in [3.05, 3.63) is 39.1 Å². The molecule has 2 aromatic heterocycles. The molecule has 1 atom stereocenters. The van der Waals surface area contributed by atoms with Gasteiger partial charge in [-0.05, 0) is 51.3 Å². The minimum Gasteiger partial charge on any atom is -0.307 e. The highest BCUT2D eigenvalue weighted by molar-refractivity contribution is 9.10. The molecule has 108 valence electrons. The van der Waals surface area contributed by atoms with Crippen molar-refractivity contribution in [2.45, 2.75) is 17.9 Å². The number of anilines is 1. The van der Waals surface area contributed by atoms with Gasteiger partial charge >= 0.3 is 0 Å². The van der Waals surface area contributed by atoms with E-state index in [0.717, 1.165) is 5.56 Å². The van der Waals surface area contributed by atoms with Crippen molar-refractivity contribution < 1.29 is 8.42 Å². The summed E-state index contributed by atoms with van der Waals surface area (Å²) in [7, 11) is -3.73. The summed E-state index contributed by atoms with van der Waals surface area (Å²) >= 11 is 4.71. The maximum absolute atomic E-state index is 12.4. The topological polar surface area (TPSA) is 97.1 Å². The molecule has 9 heteroatoms. The van der Waals surface area contributed by atoms with Crippen LogP contribution >= 0.6 is 27.3 Å². The number of halogens is 1. The molecule has 0 amide bonds. The molecule has 0 aliphatic heterocycles. The molecule has 0 aliphatic carbocycles. The number of hydrogen-bond acceptors (Lipinski definition) is 6. The summed E-state index contributed by atoms with van der Waals surface area (Å²) in [5, 5.41) is 3.79. The molecular weight excluding hydrogens is 364 g/mol. The number of thiophene rings is 1. The fraction of sp³-hybridized carbons (Fsp3) is 0.182. The Balaban J connectivity index is 2.33. The number of nitrogens with one attached hydrogen (secondary N) is 2. The van der Waals surface area contributed by atoms with Gasteiger partial charge in [0.1, 0.15) is 4.90 Å². The van der Waals surface area contributed by atoms with Gasteiger partial charge < -0.3 is 5.43 Å². The van der Waals surface area contributed by atoms with Gasteiger partial charge in [0.25, 0.3) is 0 Å². The maximum Gasteiger partial charge on any atom is 0.244 e. The molecule has 4 N–H and O–H groups in total. The molecule has 0 spiro atoms. The molecule has 0 aliphatic rings. The molecular formula is C11H13BrN4O2S2. The van der Waals surface area contributed by atoms with E-state index in [-0.39, 0.29) is 16.8 Å². The van der Waals surface area contributed by atoms with E-state index < -0.39 is 10.0 Å². The zero-order chi connectivity index (χ0) is 14.8. The first kappa shape index (κ1) is 15.4. The van der Waals surface area contributed by atoms with Crippen LogP contribution in [-0.2, 0) is 10.0 Å². The number of rotatable bonds is 5. The third kappa shape index (κ3) is 3.36. The highest BCUT2D eigenvalue weighted by atomic mass is 79.9. The van der Waals surface area contributed by atoms with Gasteiger partial charge in [-0.15, -0.1) is 0 Å². The van der Waals surface area contributed by atoms with E-state index in [4.69, 9.17) is 5.84 Å². The van der Waals surface area contributed by atoms with Crippen LogP contribution in [0.25, 0.3) is 0 Å². The molecule has 0 saturated carbocycles. The second-order valence-electron chi connectivity index (χ2n) is 4.04. The van der Waals surface area contributed by atoms with Crippen LogP contribution in [0.1, 0.15) is 18.5 Å². The summed E-state index contributed by atoms with van der Waals surface area (Å²) in [5.74, 6) is 5.40. The Labute approximate surface area is 129 Å². The van der Waals surface area contributed by atoms with Gasteiger partial charge in [-0.3, -0.25) is 0 Å². The third-order valence-corrected chi connectivity index (χ3v) is 5.31. The lowest BCUT2D eigenvalue weighted by Gasteiger charge is -2.15. The van der Waals surface area contributed by atoms with Crippen LogP contribution in [0.5, 0.6) is 0 Å². The Morgan fingerprint density at radius 2 is 2.25 bits per heavy atom. The van der Waals surface area contributed by atoms with E-state index in [2.05, 4.69) is 31.1 Å². The number of nitrogen functional groups attached to an aromatic ring is 1. The molecule has 1 unspecified atom stereocenters. The van der Waals surface area contributed by atoms with E-state index in [1.165, 1.54) is 23.6 Å². The van der Waals surface area contributed by atoms with Gasteiger partial charge in [0, 0.05) is 16.7 Å². The summed E-state index contributed by atoms with van der Waals surface area (Å²) in [6, 6.07) is 2.99. The smallest absolute Gasteiger partial charge is 0.244 e. The van der Waals surface area contributed by atoms with Gasteiger partial charge in [0.05, 0.1) is 0 Å². The first-order valence-corrected chi connectivity index (χ1v) is 8.82. The van der Waals surface area contributed by atoms with Gasteiger partial charge in [0.2, 0.25) is 10.0 Å². The van der Waals surface area contributed by atoms with Crippen LogP contribution in [0.4, 0.5) is 5.82 Å². The molecule has 2 rings (SSSR count). The first-order valence-electron chi connectivity index (χ1n) is 5.60. The Bertz CT molecular complexity index is 688. The van der Waals surface area contributed by atoms with Crippen molar-refractivity contribution in [3.8, 4) is 0 Å². The molecule has 0 radical (unpaired) electrons. The lowest BCUT2D eigenvalue weighted by Crippen LogP contribution is -2.28. The number of aromatic nitrogens is 1. The van der Waals surface area contributed by atoms with Gasteiger partial charge in [-0.25, -0.2) is 24.0 Å². The van der Waals surface area contributed by atoms with E-state index >= 15 is 0 Å². The van der Waals surface area contributed by atoms with Crippen LogP contribution < -0.4 is 16.0 Å². The Morgan fingerprint density at radius 3 is 2.85 bits per heavy atom. The molecule has 0 bridgehead atoms. The summed E-state index contributed by atoms with van der Waals surface area (Å²) < 4.78 is 28.0. The standard InChI is InChI=1S/C11H13BrN4O2S2/c1-7(8-2-3-19-6-8)16-20(17,18)10-4-9(12)5-14-11(10)15-13/h2-7,16H,13H2,1H3,(H,14,15).